The monoisotopic (exact) mass is 440 g/mol. The smallest absolute Gasteiger partial charge is 0.251 e. The van der Waals surface area contributed by atoms with Crippen LogP contribution in [0.15, 0.2) is 77.8 Å². The number of carbonyl (C=O) groups is 2. The van der Waals surface area contributed by atoms with E-state index in [-0.39, 0.29) is 23.7 Å². The Kier molecular flexibility index (Phi) is 6.40. The number of ether oxygens (including phenoxy) is 1. The molecule has 5 heteroatoms. The van der Waals surface area contributed by atoms with Crippen molar-refractivity contribution in [2.24, 2.45) is 4.99 Å². The lowest BCUT2D eigenvalue weighted by atomic mass is 9.85. The third-order valence-electron chi connectivity index (χ3n) is 5.78. The Morgan fingerprint density at radius 1 is 0.970 bits per heavy atom. The molecule has 0 spiro atoms. The van der Waals surface area contributed by atoms with Crippen LogP contribution in [0.2, 0.25) is 0 Å². The van der Waals surface area contributed by atoms with Crippen LogP contribution in [0.25, 0.3) is 0 Å². The van der Waals surface area contributed by atoms with Crippen molar-refractivity contribution in [2.75, 3.05) is 7.11 Å². The maximum Gasteiger partial charge on any atom is 0.251 e. The number of benzene rings is 3. The first-order valence-electron chi connectivity index (χ1n) is 11.1. The standard InChI is InChI=1S/C28H28N2O3/c1-28(2)17-22-13-14-23(33-3)15-24(22)25(30-28)16-26(31)20-9-11-21(12-10-20)27(32)29-18-19-7-5-4-6-8-19/h4-15H,16-18H2,1-3H3,(H,29,32). The molecule has 0 atom stereocenters. The third kappa shape index (κ3) is 5.37. The van der Waals surface area contributed by atoms with Gasteiger partial charge in [0.1, 0.15) is 5.75 Å². The predicted molar refractivity (Wildman–Crippen MR) is 130 cm³/mol. The molecule has 0 radical (unpaired) electrons. The molecule has 0 aliphatic carbocycles. The number of carbonyl (C=O) groups excluding carboxylic acids is 2. The first kappa shape index (κ1) is 22.5. The average Bonchev–Trinajstić information content (AvgIpc) is 2.82. The van der Waals surface area contributed by atoms with Crippen LogP contribution >= 0.6 is 0 Å². The van der Waals surface area contributed by atoms with Crippen LogP contribution in [0.5, 0.6) is 5.75 Å². The van der Waals surface area contributed by atoms with Crippen molar-refractivity contribution < 1.29 is 14.3 Å². The van der Waals surface area contributed by atoms with E-state index in [2.05, 4.69) is 25.2 Å². The van der Waals surface area contributed by atoms with Gasteiger partial charge in [0.25, 0.3) is 5.91 Å². The molecule has 1 aliphatic heterocycles. The van der Waals surface area contributed by atoms with Gasteiger partial charge in [0, 0.05) is 23.2 Å². The molecule has 1 aliphatic rings. The summed E-state index contributed by atoms with van der Waals surface area (Å²) < 4.78 is 5.38. The lowest BCUT2D eigenvalue weighted by Crippen LogP contribution is -2.30. The van der Waals surface area contributed by atoms with Crippen molar-refractivity contribution in [3.05, 3.63) is 101 Å². The minimum absolute atomic E-state index is 0.0311. The van der Waals surface area contributed by atoms with Gasteiger partial charge < -0.3 is 10.1 Å². The fourth-order valence-electron chi connectivity index (χ4n) is 4.11. The molecular weight excluding hydrogens is 412 g/mol. The highest BCUT2D eigenvalue weighted by atomic mass is 16.5. The van der Waals surface area contributed by atoms with E-state index in [4.69, 9.17) is 9.73 Å². The second-order valence-electron chi connectivity index (χ2n) is 8.92. The Bertz CT molecular complexity index is 1200. The van der Waals surface area contributed by atoms with Crippen molar-refractivity contribution in [1.82, 2.24) is 5.32 Å². The van der Waals surface area contributed by atoms with Crippen LogP contribution in [0.3, 0.4) is 0 Å². The molecule has 33 heavy (non-hydrogen) atoms. The summed E-state index contributed by atoms with van der Waals surface area (Å²) >= 11 is 0. The Labute approximate surface area is 194 Å². The number of nitrogens with one attached hydrogen (secondary N) is 1. The summed E-state index contributed by atoms with van der Waals surface area (Å²) in [4.78, 5) is 30.4. The number of rotatable bonds is 7. The van der Waals surface area contributed by atoms with Gasteiger partial charge in [-0.15, -0.1) is 0 Å². The molecule has 4 rings (SSSR count). The van der Waals surface area contributed by atoms with E-state index in [1.54, 1.807) is 31.4 Å². The van der Waals surface area contributed by atoms with Gasteiger partial charge in [0.2, 0.25) is 0 Å². The van der Waals surface area contributed by atoms with Crippen LogP contribution in [-0.2, 0) is 13.0 Å². The summed E-state index contributed by atoms with van der Waals surface area (Å²) in [6.07, 6.45) is 1.01. The molecule has 3 aromatic carbocycles. The first-order chi connectivity index (χ1) is 15.8. The van der Waals surface area contributed by atoms with Crippen molar-refractivity contribution in [3.8, 4) is 5.75 Å². The number of nitrogens with zero attached hydrogens (tertiary/aromatic N) is 1. The van der Waals surface area contributed by atoms with Crippen molar-refractivity contribution >= 4 is 17.4 Å². The molecule has 0 fully saturated rings. The summed E-state index contributed by atoms with van der Waals surface area (Å²) in [7, 11) is 1.63. The van der Waals surface area contributed by atoms with Gasteiger partial charge in [0.15, 0.2) is 5.78 Å². The summed E-state index contributed by atoms with van der Waals surface area (Å²) in [6.45, 7) is 4.61. The number of methoxy groups -OCH3 is 1. The predicted octanol–water partition coefficient (Wildman–Crippen LogP) is 5.02. The molecule has 0 unspecified atom stereocenters. The maximum atomic E-state index is 13.1. The van der Waals surface area contributed by atoms with E-state index in [0.717, 1.165) is 29.0 Å². The number of Topliss-reactive ketones (excluding diaryl/α,β-unsaturated/α-hetero) is 1. The van der Waals surface area contributed by atoms with Gasteiger partial charge in [-0.05, 0) is 55.7 Å². The number of hydrogen-bond donors (Lipinski definition) is 1. The summed E-state index contributed by atoms with van der Waals surface area (Å²) in [5, 5.41) is 2.91. The van der Waals surface area contributed by atoms with Crippen LogP contribution in [0.1, 0.15) is 57.7 Å². The van der Waals surface area contributed by atoms with E-state index in [0.29, 0.717) is 17.7 Å². The average molecular weight is 441 g/mol. The quantitative estimate of drug-likeness (QED) is 0.525. The SMILES string of the molecule is COc1ccc2c(c1)C(CC(=O)c1ccc(C(=O)NCc3ccccc3)cc1)=NC(C)(C)C2. The Morgan fingerprint density at radius 3 is 2.36 bits per heavy atom. The zero-order chi connectivity index (χ0) is 23.4. The van der Waals surface area contributed by atoms with Crippen molar-refractivity contribution in [2.45, 2.75) is 38.8 Å². The third-order valence-corrected chi connectivity index (χ3v) is 5.78. The lowest BCUT2D eigenvalue weighted by Gasteiger charge is -2.29. The highest BCUT2D eigenvalue weighted by Gasteiger charge is 2.28. The fourth-order valence-corrected chi connectivity index (χ4v) is 4.11. The van der Waals surface area contributed by atoms with Crippen LogP contribution in [-0.4, -0.2) is 30.1 Å². The number of ketones is 1. The number of hydrogen-bond acceptors (Lipinski definition) is 4. The van der Waals surface area contributed by atoms with Crippen LogP contribution in [0.4, 0.5) is 0 Å². The van der Waals surface area contributed by atoms with E-state index in [9.17, 15) is 9.59 Å². The normalized spacial score (nSPS) is 14.1. The molecule has 168 valence electrons. The molecule has 3 aromatic rings. The van der Waals surface area contributed by atoms with E-state index in [1.807, 2.05) is 42.5 Å². The molecule has 1 N–H and O–H groups in total. The molecule has 0 saturated carbocycles. The highest BCUT2D eigenvalue weighted by Crippen LogP contribution is 2.31. The molecule has 1 heterocycles. The number of aliphatic imine (C=N–C) groups is 1. The Balaban J connectivity index is 1.46. The van der Waals surface area contributed by atoms with Gasteiger partial charge in [-0.1, -0.05) is 48.5 Å². The molecule has 1 amide bonds. The summed E-state index contributed by atoms with van der Waals surface area (Å²) in [5.41, 5.74) is 4.76. The minimum atomic E-state index is -0.266. The second kappa shape index (κ2) is 9.41. The molecule has 5 nitrogen and oxygen atoms in total. The van der Waals surface area contributed by atoms with Gasteiger partial charge in [-0.2, -0.15) is 0 Å². The lowest BCUT2D eigenvalue weighted by molar-refractivity contribution is 0.0948. The highest BCUT2D eigenvalue weighted by molar-refractivity contribution is 6.17. The zero-order valence-corrected chi connectivity index (χ0v) is 19.2. The van der Waals surface area contributed by atoms with Gasteiger partial charge in [0.05, 0.1) is 24.8 Å². The molecular formula is C28H28N2O3. The van der Waals surface area contributed by atoms with Gasteiger partial charge in [-0.25, -0.2) is 0 Å². The van der Waals surface area contributed by atoms with E-state index in [1.165, 1.54) is 5.56 Å². The fraction of sp³-hybridized carbons (Fsp3) is 0.250. The molecule has 0 aromatic heterocycles. The minimum Gasteiger partial charge on any atom is -0.497 e. The van der Waals surface area contributed by atoms with Crippen LogP contribution < -0.4 is 10.1 Å². The topological polar surface area (TPSA) is 67.8 Å². The summed E-state index contributed by atoms with van der Waals surface area (Å²) in [5.74, 6) is 0.549. The van der Waals surface area contributed by atoms with Crippen LogP contribution in [0, 0.1) is 0 Å². The number of fused-ring (bicyclic) bond motifs is 1. The van der Waals surface area contributed by atoms with E-state index < -0.39 is 0 Å². The molecule has 0 saturated heterocycles. The van der Waals surface area contributed by atoms with Crippen molar-refractivity contribution in [3.63, 3.8) is 0 Å². The number of amides is 1. The second-order valence-corrected chi connectivity index (χ2v) is 8.92. The molecule has 0 bridgehead atoms. The van der Waals surface area contributed by atoms with E-state index >= 15 is 0 Å². The van der Waals surface area contributed by atoms with Gasteiger partial charge in [-0.3, -0.25) is 14.6 Å². The Hall–Kier alpha value is -3.73. The Morgan fingerprint density at radius 2 is 1.67 bits per heavy atom. The first-order valence-corrected chi connectivity index (χ1v) is 11.1. The largest absolute Gasteiger partial charge is 0.497 e. The van der Waals surface area contributed by atoms with Gasteiger partial charge >= 0.3 is 0 Å². The zero-order valence-electron chi connectivity index (χ0n) is 19.2. The maximum absolute atomic E-state index is 13.1. The van der Waals surface area contributed by atoms with Crippen molar-refractivity contribution in [1.29, 1.82) is 0 Å². The summed E-state index contributed by atoms with van der Waals surface area (Å²) in [6, 6.07) is 22.5.